The summed E-state index contributed by atoms with van der Waals surface area (Å²) in [7, 11) is 0. The largest absolute Gasteiger partial charge is 0.477 e. The summed E-state index contributed by atoms with van der Waals surface area (Å²) in [4.78, 5) is 17.8. The second kappa shape index (κ2) is 9.97. The second-order valence-electron chi connectivity index (χ2n) is 7.44. The summed E-state index contributed by atoms with van der Waals surface area (Å²) in [5.41, 5.74) is 4.93. The van der Waals surface area contributed by atoms with Crippen LogP contribution in [-0.4, -0.2) is 38.3 Å². The topological polar surface area (TPSA) is 109 Å². The number of ether oxygens (including phenoxy) is 1. The fraction of sp³-hybridized carbons (Fsp3) is 0.348. The number of nitrogens with one attached hydrogen (secondary N) is 3. The predicted molar refractivity (Wildman–Crippen MR) is 124 cm³/mol. The van der Waals surface area contributed by atoms with Crippen LogP contribution in [0.3, 0.4) is 0 Å². The summed E-state index contributed by atoms with van der Waals surface area (Å²) < 4.78 is 5.71. The van der Waals surface area contributed by atoms with Crippen molar-refractivity contribution in [3.63, 3.8) is 0 Å². The first kappa shape index (κ1) is 22.1. The quantitative estimate of drug-likeness (QED) is 0.439. The van der Waals surface area contributed by atoms with Gasteiger partial charge < -0.3 is 20.8 Å². The molecule has 31 heavy (non-hydrogen) atoms. The third kappa shape index (κ3) is 5.53. The highest BCUT2D eigenvalue weighted by Crippen LogP contribution is 2.34. The molecule has 3 N–H and O–H groups in total. The van der Waals surface area contributed by atoms with Crippen LogP contribution in [0, 0.1) is 12.3 Å². The number of hydrogen-bond acceptors (Lipinski definition) is 8. The standard InChI is InChI=1S/C23H29N7O/c1-6-31-23-18(8-7-10-26-23)19-12-20(27-13-17-9-11-25-16(5)29-17)22(28-14(2)3)21(30-19)15(4)24/h7-12,14,24,28H,6,13H2,1-5H3,(H,27,30). The third-order valence-electron chi connectivity index (χ3n) is 4.43. The first-order chi connectivity index (χ1) is 14.9. The number of aromatic nitrogens is 4. The van der Waals surface area contributed by atoms with E-state index in [0.717, 1.165) is 28.5 Å². The van der Waals surface area contributed by atoms with Gasteiger partial charge in [-0.15, -0.1) is 0 Å². The lowest BCUT2D eigenvalue weighted by Gasteiger charge is -2.21. The molecule has 162 valence electrons. The van der Waals surface area contributed by atoms with E-state index in [-0.39, 0.29) is 6.04 Å². The Morgan fingerprint density at radius 1 is 1.16 bits per heavy atom. The zero-order valence-electron chi connectivity index (χ0n) is 18.7. The van der Waals surface area contributed by atoms with Gasteiger partial charge in [0.2, 0.25) is 5.88 Å². The van der Waals surface area contributed by atoms with E-state index in [4.69, 9.17) is 15.1 Å². The van der Waals surface area contributed by atoms with Gasteiger partial charge in [-0.3, -0.25) is 0 Å². The summed E-state index contributed by atoms with van der Waals surface area (Å²) in [6.45, 7) is 10.7. The van der Waals surface area contributed by atoms with E-state index in [2.05, 4.69) is 39.4 Å². The number of aryl methyl sites for hydroxylation is 1. The average molecular weight is 420 g/mol. The van der Waals surface area contributed by atoms with Gasteiger partial charge in [-0.05, 0) is 58.9 Å². The maximum absolute atomic E-state index is 8.34. The molecule has 0 saturated carbocycles. The summed E-state index contributed by atoms with van der Waals surface area (Å²) in [6.07, 6.45) is 3.45. The summed E-state index contributed by atoms with van der Waals surface area (Å²) >= 11 is 0. The highest BCUT2D eigenvalue weighted by molar-refractivity contribution is 6.03. The van der Waals surface area contributed by atoms with Gasteiger partial charge in [-0.25, -0.2) is 19.9 Å². The minimum atomic E-state index is 0.171. The van der Waals surface area contributed by atoms with Crippen LogP contribution in [-0.2, 0) is 6.54 Å². The van der Waals surface area contributed by atoms with Crippen molar-refractivity contribution in [3.8, 4) is 17.1 Å². The molecule has 0 spiro atoms. The molecule has 8 nitrogen and oxygen atoms in total. The molecule has 0 fully saturated rings. The molecular formula is C23H29N7O. The zero-order chi connectivity index (χ0) is 22.4. The van der Waals surface area contributed by atoms with Crippen molar-refractivity contribution < 1.29 is 4.74 Å². The highest BCUT2D eigenvalue weighted by Gasteiger charge is 2.18. The molecular weight excluding hydrogens is 390 g/mol. The predicted octanol–water partition coefficient (Wildman–Crippen LogP) is 4.46. The SMILES string of the molecule is CCOc1ncccc1-c1cc(NCc2ccnc(C)n2)c(NC(C)C)c(C(C)=N)n1. The van der Waals surface area contributed by atoms with Gasteiger partial charge in [0.05, 0.1) is 47.2 Å². The Hall–Kier alpha value is -3.55. The van der Waals surface area contributed by atoms with Gasteiger partial charge in [0.25, 0.3) is 0 Å². The summed E-state index contributed by atoms with van der Waals surface area (Å²) in [5.74, 6) is 1.25. The smallest absolute Gasteiger partial charge is 0.222 e. The van der Waals surface area contributed by atoms with Gasteiger partial charge in [0, 0.05) is 18.4 Å². The van der Waals surface area contributed by atoms with Crippen LogP contribution in [0.5, 0.6) is 5.88 Å². The fourth-order valence-corrected chi connectivity index (χ4v) is 3.16. The molecule has 0 saturated heterocycles. The maximum Gasteiger partial charge on any atom is 0.222 e. The lowest BCUT2D eigenvalue weighted by molar-refractivity contribution is 0.328. The number of rotatable bonds is 9. The normalized spacial score (nSPS) is 10.8. The Morgan fingerprint density at radius 2 is 1.97 bits per heavy atom. The van der Waals surface area contributed by atoms with Crippen molar-refractivity contribution >= 4 is 17.1 Å². The van der Waals surface area contributed by atoms with E-state index < -0.39 is 0 Å². The van der Waals surface area contributed by atoms with Crippen LogP contribution in [0.2, 0.25) is 0 Å². The lowest BCUT2D eigenvalue weighted by Crippen LogP contribution is -2.17. The van der Waals surface area contributed by atoms with E-state index in [1.54, 1.807) is 19.3 Å². The van der Waals surface area contributed by atoms with Crippen LogP contribution in [0.1, 0.15) is 44.9 Å². The minimum Gasteiger partial charge on any atom is -0.477 e. The molecule has 0 aromatic carbocycles. The van der Waals surface area contributed by atoms with Crippen LogP contribution in [0.25, 0.3) is 11.3 Å². The van der Waals surface area contributed by atoms with E-state index in [9.17, 15) is 0 Å². The van der Waals surface area contributed by atoms with Gasteiger partial charge >= 0.3 is 0 Å². The Labute approximate surface area is 183 Å². The van der Waals surface area contributed by atoms with Crippen molar-refractivity contribution in [2.24, 2.45) is 0 Å². The van der Waals surface area contributed by atoms with Crippen LogP contribution in [0.4, 0.5) is 11.4 Å². The van der Waals surface area contributed by atoms with Gasteiger partial charge in [0.15, 0.2) is 0 Å². The molecule has 0 unspecified atom stereocenters. The van der Waals surface area contributed by atoms with Gasteiger partial charge in [0.1, 0.15) is 11.5 Å². The molecule has 0 amide bonds. The zero-order valence-corrected chi connectivity index (χ0v) is 18.7. The Balaban J connectivity index is 2.10. The van der Waals surface area contributed by atoms with E-state index in [1.165, 1.54) is 0 Å². The fourth-order valence-electron chi connectivity index (χ4n) is 3.16. The molecule has 0 aliphatic heterocycles. The molecule has 3 heterocycles. The van der Waals surface area contributed by atoms with Crippen LogP contribution >= 0.6 is 0 Å². The van der Waals surface area contributed by atoms with Gasteiger partial charge in [-0.1, -0.05) is 0 Å². The molecule has 0 radical (unpaired) electrons. The molecule has 0 aliphatic carbocycles. The minimum absolute atomic E-state index is 0.171. The number of pyridine rings is 2. The van der Waals surface area contributed by atoms with Crippen molar-refractivity contribution in [2.45, 2.75) is 47.2 Å². The average Bonchev–Trinajstić information content (AvgIpc) is 2.73. The van der Waals surface area contributed by atoms with E-state index in [1.807, 2.05) is 38.1 Å². The van der Waals surface area contributed by atoms with Crippen LogP contribution in [0.15, 0.2) is 36.7 Å². The Kier molecular flexibility index (Phi) is 7.12. The molecule has 0 bridgehead atoms. The first-order valence-electron chi connectivity index (χ1n) is 10.4. The number of nitrogens with zero attached hydrogens (tertiary/aromatic N) is 4. The first-order valence-corrected chi connectivity index (χ1v) is 10.4. The summed E-state index contributed by atoms with van der Waals surface area (Å²) in [6, 6.07) is 7.80. The third-order valence-corrected chi connectivity index (χ3v) is 4.43. The number of anilines is 2. The lowest BCUT2D eigenvalue weighted by atomic mass is 10.1. The second-order valence-corrected chi connectivity index (χ2v) is 7.44. The van der Waals surface area contributed by atoms with E-state index in [0.29, 0.717) is 36.1 Å². The van der Waals surface area contributed by atoms with E-state index >= 15 is 0 Å². The molecule has 0 atom stereocenters. The van der Waals surface area contributed by atoms with Crippen molar-refractivity contribution in [1.29, 1.82) is 5.41 Å². The monoisotopic (exact) mass is 419 g/mol. The van der Waals surface area contributed by atoms with Crippen molar-refractivity contribution in [3.05, 3.63) is 53.9 Å². The van der Waals surface area contributed by atoms with Gasteiger partial charge in [-0.2, -0.15) is 0 Å². The molecule has 3 rings (SSSR count). The maximum atomic E-state index is 8.34. The number of hydrogen-bond donors (Lipinski definition) is 3. The molecule has 8 heteroatoms. The summed E-state index contributed by atoms with van der Waals surface area (Å²) in [5, 5.41) is 15.2. The van der Waals surface area contributed by atoms with Crippen molar-refractivity contribution in [2.75, 3.05) is 17.2 Å². The Bertz CT molecular complexity index is 1070. The highest BCUT2D eigenvalue weighted by atomic mass is 16.5. The molecule has 0 aliphatic rings. The Morgan fingerprint density at radius 3 is 2.65 bits per heavy atom. The molecule has 3 aromatic rings. The van der Waals surface area contributed by atoms with Crippen molar-refractivity contribution in [1.82, 2.24) is 19.9 Å². The molecule has 3 aromatic heterocycles. The van der Waals surface area contributed by atoms with Crippen LogP contribution < -0.4 is 15.4 Å².